The highest BCUT2D eigenvalue weighted by molar-refractivity contribution is 5.97. The van der Waals surface area contributed by atoms with Crippen molar-refractivity contribution in [2.45, 2.75) is 0 Å². The minimum atomic E-state index is -1.21. The molecule has 17 heavy (non-hydrogen) atoms. The molecule has 0 fully saturated rings. The van der Waals surface area contributed by atoms with Crippen LogP contribution in [0.3, 0.4) is 0 Å². The Labute approximate surface area is 96.3 Å². The summed E-state index contributed by atoms with van der Waals surface area (Å²) >= 11 is 0. The number of rotatable bonds is 2. The predicted molar refractivity (Wildman–Crippen MR) is 60.0 cm³/mol. The second-order valence-electron chi connectivity index (χ2n) is 3.56. The molecular formula is C11H10FN3O2. The Bertz CT molecular complexity index is 592. The third-order valence-corrected chi connectivity index (χ3v) is 2.49. The van der Waals surface area contributed by atoms with Gasteiger partial charge in [-0.05, 0) is 12.1 Å². The van der Waals surface area contributed by atoms with Gasteiger partial charge in [-0.25, -0.2) is 9.18 Å². The number of carboxylic acids is 1. The molecule has 0 spiro atoms. The molecule has 0 aliphatic carbocycles. The van der Waals surface area contributed by atoms with Crippen LogP contribution in [0.4, 0.5) is 10.2 Å². The van der Waals surface area contributed by atoms with Crippen molar-refractivity contribution in [3.8, 4) is 11.1 Å². The van der Waals surface area contributed by atoms with Crippen LogP contribution in [-0.2, 0) is 7.05 Å². The number of aryl methyl sites for hydroxylation is 1. The van der Waals surface area contributed by atoms with E-state index in [-0.39, 0.29) is 5.56 Å². The molecule has 1 heterocycles. The van der Waals surface area contributed by atoms with Crippen LogP contribution in [0.15, 0.2) is 24.4 Å². The molecule has 0 saturated heterocycles. The van der Waals surface area contributed by atoms with E-state index in [1.165, 1.54) is 23.0 Å². The van der Waals surface area contributed by atoms with Crippen molar-refractivity contribution in [1.82, 2.24) is 9.78 Å². The van der Waals surface area contributed by atoms with Crippen LogP contribution in [0.25, 0.3) is 11.1 Å². The number of anilines is 1. The van der Waals surface area contributed by atoms with Crippen molar-refractivity contribution in [3.05, 3.63) is 35.8 Å². The number of carbonyl (C=O) groups is 1. The number of aromatic nitrogens is 2. The molecule has 1 aromatic heterocycles. The molecule has 0 atom stereocenters. The second-order valence-corrected chi connectivity index (χ2v) is 3.56. The smallest absolute Gasteiger partial charge is 0.336 e. The number of nitrogens with zero attached hydrogens (tertiary/aromatic N) is 2. The van der Waals surface area contributed by atoms with E-state index < -0.39 is 11.8 Å². The molecule has 0 radical (unpaired) electrons. The van der Waals surface area contributed by atoms with Gasteiger partial charge in [-0.1, -0.05) is 6.07 Å². The van der Waals surface area contributed by atoms with Crippen LogP contribution >= 0.6 is 0 Å². The van der Waals surface area contributed by atoms with Gasteiger partial charge in [-0.15, -0.1) is 0 Å². The molecule has 88 valence electrons. The Hall–Kier alpha value is -2.37. The quantitative estimate of drug-likeness (QED) is 0.826. The molecule has 0 amide bonds. The van der Waals surface area contributed by atoms with Crippen LogP contribution in [0, 0.1) is 5.82 Å². The van der Waals surface area contributed by atoms with E-state index in [1.807, 2.05) is 0 Å². The van der Waals surface area contributed by atoms with Crippen molar-refractivity contribution in [2.24, 2.45) is 7.05 Å². The van der Waals surface area contributed by atoms with Crippen molar-refractivity contribution in [3.63, 3.8) is 0 Å². The van der Waals surface area contributed by atoms with E-state index in [4.69, 9.17) is 10.8 Å². The summed E-state index contributed by atoms with van der Waals surface area (Å²) in [6, 6.07) is 3.53. The summed E-state index contributed by atoms with van der Waals surface area (Å²) in [6.07, 6.45) is 1.45. The number of nitrogen functional groups attached to an aromatic ring is 1. The number of nitrogens with two attached hydrogens (primary N) is 1. The summed E-state index contributed by atoms with van der Waals surface area (Å²) in [7, 11) is 1.64. The highest BCUT2D eigenvalue weighted by Gasteiger charge is 2.16. The summed E-state index contributed by atoms with van der Waals surface area (Å²) in [6.45, 7) is 0. The lowest BCUT2D eigenvalue weighted by Crippen LogP contribution is -2.02. The Morgan fingerprint density at radius 3 is 2.71 bits per heavy atom. The van der Waals surface area contributed by atoms with Gasteiger partial charge >= 0.3 is 5.97 Å². The fraction of sp³-hybridized carbons (Fsp3) is 0.0909. The van der Waals surface area contributed by atoms with Crippen molar-refractivity contribution < 1.29 is 14.3 Å². The summed E-state index contributed by atoms with van der Waals surface area (Å²) < 4.78 is 14.4. The molecule has 2 rings (SSSR count). The van der Waals surface area contributed by atoms with Gasteiger partial charge in [0.25, 0.3) is 0 Å². The van der Waals surface area contributed by atoms with E-state index >= 15 is 0 Å². The maximum Gasteiger partial charge on any atom is 0.336 e. The molecule has 3 N–H and O–H groups in total. The maximum atomic E-state index is 13.0. The Balaban J connectivity index is 2.67. The second kappa shape index (κ2) is 3.89. The first-order valence-electron chi connectivity index (χ1n) is 4.81. The SMILES string of the molecule is Cn1ncc(-c2ccc(F)cc2C(=O)O)c1N. The fourth-order valence-corrected chi connectivity index (χ4v) is 1.58. The lowest BCUT2D eigenvalue weighted by Gasteiger charge is -2.05. The Kier molecular flexibility index (Phi) is 2.55. The van der Waals surface area contributed by atoms with Gasteiger partial charge in [0, 0.05) is 18.2 Å². The number of carboxylic acid groups (broad SMARTS) is 1. The van der Waals surface area contributed by atoms with E-state index in [1.54, 1.807) is 7.05 Å². The molecule has 6 heteroatoms. The fourth-order valence-electron chi connectivity index (χ4n) is 1.58. The van der Waals surface area contributed by atoms with Crippen molar-refractivity contribution in [2.75, 3.05) is 5.73 Å². The number of hydrogen-bond acceptors (Lipinski definition) is 3. The van der Waals surface area contributed by atoms with Crippen LogP contribution < -0.4 is 5.73 Å². The Morgan fingerprint density at radius 1 is 1.47 bits per heavy atom. The monoisotopic (exact) mass is 235 g/mol. The summed E-state index contributed by atoms with van der Waals surface area (Å²) in [4.78, 5) is 11.0. The lowest BCUT2D eigenvalue weighted by atomic mass is 10.0. The van der Waals surface area contributed by atoms with Crippen molar-refractivity contribution in [1.29, 1.82) is 0 Å². The Morgan fingerprint density at radius 2 is 2.18 bits per heavy atom. The summed E-state index contributed by atoms with van der Waals surface area (Å²) in [5.41, 5.74) is 6.45. The van der Waals surface area contributed by atoms with E-state index in [2.05, 4.69) is 5.10 Å². The normalized spacial score (nSPS) is 10.5. The van der Waals surface area contributed by atoms with Gasteiger partial charge < -0.3 is 10.8 Å². The zero-order chi connectivity index (χ0) is 12.6. The molecule has 0 bridgehead atoms. The number of halogens is 1. The van der Waals surface area contributed by atoms with Crippen molar-refractivity contribution >= 4 is 11.8 Å². The minimum absolute atomic E-state index is 0.135. The molecule has 0 saturated carbocycles. The van der Waals surface area contributed by atoms with Gasteiger partial charge in [0.1, 0.15) is 11.6 Å². The number of hydrogen-bond donors (Lipinski definition) is 2. The van der Waals surface area contributed by atoms with Gasteiger partial charge in [0.2, 0.25) is 0 Å². The number of aromatic carboxylic acids is 1. The first kappa shape index (κ1) is 11.1. The minimum Gasteiger partial charge on any atom is -0.478 e. The maximum absolute atomic E-state index is 13.0. The first-order chi connectivity index (χ1) is 8.00. The zero-order valence-corrected chi connectivity index (χ0v) is 9.01. The lowest BCUT2D eigenvalue weighted by molar-refractivity contribution is 0.0697. The molecule has 5 nitrogen and oxygen atoms in total. The third-order valence-electron chi connectivity index (χ3n) is 2.49. The zero-order valence-electron chi connectivity index (χ0n) is 9.01. The van der Waals surface area contributed by atoms with Gasteiger partial charge in [0.15, 0.2) is 0 Å². The highest BCUT2D eigenvalue weighted by Crippen LogP contribution is 2.28. The van der Waals surface area contributed by atoms with Gasteiger partial charge in [-0.2, -0.15) is 5.10 Å². The van der Waals surface area contributed by atoms with E-state index in [9.17, 15) is 9.18 Å². The summed E-state index contributed by atoms with van der Waals surface area (Å²) in [5.74, 6) is -1.48. The molecule has 2 aromatic rings. The summed E-state index contributed by atoms with van der Waals surface area (Å²) in [5, 5.41) is 12.9. The topological polar surface area (TPSA) is 81.1 Å². The average Bonchev–Trinajstić information content (AvgIpc) is 2.60. The first-order valence-corrected chi connectivity index (χ1v) is 4.81. The van der Waals surface area contributed by atoms with Gasteiger partial charge in [0.05, 0.1) is 11.8 Å². The standard InChI is InChI=1S/C11H10FN3O2/c1-15-10(13)9(5-14-15)7-3-2-6(12)4-8(7)11(16)17/h2-5H,13H2,1H3,(H,16,17). The molecule has 1 aromatic carbocycles. The van der Waals surface area contributed by atoms with Crippen LogP contribution in [0.1, 0.15) is 10.4 Å². The van der Waals surface area contributed by atoms with Crippen LogP contribution in [-0.4, -0.2) is 20.9 Å². The predicted octanol–water partition coefficient (Wildman–Crippen LogP) is 1.51. The van der Waals surface area contributed by atoms with E-state index in [0.29, 0.717) is 16.9 Å². The number of benzene rings is 1. The van der Waals surface area contributed by atoms with E-state index in [0.717, 1.165) is 6.07 Å². The molecule has 0 aliphatic heterocycles. The average molecular weight is 235 g/mol. The van der Waals surface area contributed by atoms with Gasteiger partial charge in [-0.3, -0.25) is 4.68 Å². The molecular weight excluding hydrogens is 225 g/mol. The third kappa shape index (κ3) is 1.84. The molecule has 0 aliphatic rings. The largest absolute Gasteiger partial charge is 0.478 e. The van der Waals surface area contributed by atoms with Crippen LogP contribution in [0.5, 0.6) is 0 Å². The molecule has 0 unspecified atom stereocenters. The van der Waals surface area contributed by atoms with Crippen LogP contribution in [0.2, 0.25) is 0 Å². The highest BCUT2D eigenvalue weighted by atomic mass is 19.1.